The molecular weight excluding hydrogens is 346 g/mol. The van der Waals surface area contributed by atoms with E-state index in [0.717, 1.165) is 49.5 Å². The van der Waals surface area contributed by atoms with Crippen molar-refractivity contribution < 1.29 is 14.6 Å². The van der Waals surface area contributed by atoms with Gasteiger partial charge in [-0.25, -0.2) is 0 Å². The fourth-order valence-electron chi connectivity index (χ4n) is 4.44. The summed E-state index contributed by atoms with van der Waals surface area (Å²) in [5.41, 5.74) is 7.23. The van der Waals surface area contributed by atoms with Gasteiger partial charge < -0.3 is 15.1 Å². The molecule has 1 amide bonds. The molecule has 4 heteroatoms. The molecule has 1 aliphatic rings. The van der Waals surface area contributed by atoms with Crippen LogP contribution in [0.4, 0.5) is 5.69 Å². The molecule has 2 aromatic rings. The Balaban J connectivity index is 1.54. The molecule has 0 aromatic heterocycles. The molecule has 0 bridgehead atoms. The van der Waals surface area contributed by atoms with Crippen LogP contribution in [0.25, 0.3) is 0 Å². The summed E-state index contributed by atoms with van der Waals surface area (Å²) in [4.78, 5) is 15.9. The van der Waals surface area contributed by atoms with Gasteiger partial charge in [0, 0.05) is 11.3 Å². The number of anilines is 1. The first kappa shape index (κ1) is 20.6. The summed E-state index contributed by atoms with van der Waals surface area (Å²) in [5, 5.41) is 3.19. The van der Waals surface area contributed by atoms with Gasteiger partial charge in [-0.15, -0.1) is 0 Å². The lowest BCUT2D eigenvalue weighted by Crippen LogP contribution is -3.29. The summed E-state index contributed by atoms with van der Waals surface area (Å²) in [6.07, 6.45) is 0. The van der Waals surface area contributed by atoms with Crippen LogP contribution in [0.5, 0.6) is 0 Å². The third kappa shape index (κ3) is 5.00. The average molecular weight is 382 g/mol. The fourth-order valence-corrected chi connectivity index (χ4v) is 4.44. The molecule has 0 aliphatic carbocycles. The molecular formula is C24H35N3O+2. The number of carbonyl (C=O) groups excluding carboxylic acids is 1. The van der Waals surface area contributed by atoms with Crippen LogP contribution in [-0.2, 0) is 11.3 Å². The van der Waals surface area contributed by atoms with Crippen molar-refractivity contribution >= 4 is 11.6 Å². The fraction of sp³-hybridized carbons (Fsp3) is 0.458. The Kier molecular flexibility index (Phi) is 6.53. The van der Waals surface area contributed by atoms with E-state index in [-0.39, 0.29) is 11.9 Å². The lowest BCUT2D eigenvalue weighted by Gasteiger charge is -2.32. The Labute approximate surface area is 169 Å². The van der Waals surface area contributed by atoms with Crippen molar-refractivity contribution in [2.24, 2.45) is 0 Å². The van der Waals surface area contributed by atoms with Crippen LogP contribution in [-0.4, -0.2) is 38.1 Å². The number of piperazine rings is 1. The van der Waals surface area contributed by atoms with Gasteiger partial charge in [-0.2, -0.15) is 0 Å². The second-order valence-electron chi connectivity index (χ2n) is 8.56. The number of rotatable bonds is 5. The molecule has 28 heavy (non-hydrogen) atoms. The molecule has 0 radical (unpaired) electrons. The molecule has 0 spiro atoms. The number of amides is 1. The normalized spacial score (nSPS) is 20.6. The highest BCUT2D eigenvalue weighted by molar-refractivity contribution is 5.95. The maximum atomic E-state index is 12.9. The van der Waals surface area contributed by atoms with E-state index in [1.165, 1.54) is 21.6 Å². The highest BCUT2D eigenvalue weighted by Gasteiger charge is 2.31. The summed E-state index contributed by atoms with van der Waals surface area (Å²) in [5.74, 6) is 0.132. The zero-order chi connectivity index (χ0) is 20.3. The van der Waals surface area contributed by atoms with Gasteiger partial charge in [0.2, 0.25) is 0 Å². The predicted octanol–water partition coefficient (Wildman–Crippen LogP) is 1.23. The van der Waals surface area contributed by atoms with E-state index >= 15 is 0 Å². The van der Waals surface area contributed by atoms with Crippen LogP contribution in [0.3, 0.4) is 0 Å². The van der Waals surface area contributed by atoms with Crippen LogP contribution in [0.2, 0.25) is 0 Å². The molecule has 0 saturated carbocycles. The lowest BCUT2D eigenvalue weighted by molar-refractivity contribution is -1.02. The van der Waals surface area contributed by atoms with Crippen molar-refractivity contribution in [3.8, 4) is 0 Å². The van der Waals surface area contributed by atoms with Crippen LogP contribution < -0.4 is 15.1 Å². The Morgan fingerprint density at radius 3 is 2.21 bits per heavy atom. The Morgan fingerprint density at radius 2 is 1.61 bits per heavy atom. The van der Waals surface area contributed by atoms with Gasteiger partial charge in [0.15, 0.2) is 6.04 Å². The van der Waals surface area contributed by atoms with E-state index in [2.05, 4.69) is 76.3 Å². The van der Waals surface area contributed by atoms with E-state index in [0.29, 0.717) is 0 Å². The smallest absolute Gasteiger partial charge is 0.282 e. The Hall–Kier alpha value is -2.17. The van der Waals surface area contributed by atoms with Gasteiger partial charge in [0.1, 0.15) is 32.7 Å². The minimum atomic E-state index is -0.0272. The lowest BCUT2D eigenvalue weighted by atomic mass is 10.0. The van der Waals surface area contributed by atoms with Gasteiger partial charge in [-0.1, -0.05) is 47.5 Å². The van der Waals surface area contributed by atoms with E-state index < -0.39 is 0 Å². The minimum Gasteiger partial charge on any atom is -0.322 e. The summed E-state index contributed by atoms with van der Waals surface area (Å²) in [6.45, 7) is 15.8. The molecule has 1 fully saturated rings. The first-order valence-electron chi connectivity index (χ1n) is 10.5. The number of aryl methyl sites for hydroxylation is 4. The molecule has 3 rings (SSSR count). The number of quaternary nitrogens is 2. The monoisotopic (exact) mass is 381 g/mol. The second kappa shape index (κ2) is 8.89. The zero-order valence-corrected chi connectivity index (χ0v) is 18.0. The Bertz CT molecular complexity index is 814. The Morgan fingerprint density at radius 1 is 0.964 bits per heavy atom. The van der Waals surface area contributed by atoms with Crippen molar-refractivity contribution in [3.63, 3.8) is 0 Å². The van der Waals surface area contributed by atoms with Gasteiger partial charge in [0.05, 0.1) is 0 Å². The SMILES string of the molecule is Cc1cccc(C[NH+]2CC[NH+]([C@@H](C)C(=O)Nc3c(C)cc(C)cc3C)CC2)c1. The predicted molar refractivity (Wildman–Crippen MR) is 115 cm³/mol. The van der Waals surface area contributed by atoms with E-state index in [4.69, 9.17) is 0 Å². The number of nitrogens with one attached hydrogen (secondary N) is 3. The topological polar surface area (TPSA) is 38.0 Å². The average Bonchev–Trinajstić information content (AvgIpc) is 2.64. The molecule has 4 nitrogen and oxygen atoms in total. The largest absolute Gasteiger partial charge is 0.322 e. The molecule has 1 aliphatic heterocycles. The summed E-state index contributed by atoms with van der Waals surface area (Å²) < 4.78 is 0. The molecule has 1 heterocycles. The summed E-state index contributed by atoms with van der Waals surface area (Å²) >= 11 is 0. The quantitative estimate of drug-likeness (QED) is 0.716. The molecule has 150 valence electrons. The zero-order valence-electron chi connectivity index (χ0n) is 18.0. The number of carbonyl (C=O) groups is 1. The summed E-state index contributed by atoms with van der Waals surface area (Å²) in [6, 6.07) is 13.0. The molecule has 2 aromatic carbocycles. The van der Waals surface area contributed by atoms with Gasteiger partial charge >= 0.3 is 0 Å². The minimum absolute atomic E-state index is 0.0272. The highest BCUT2D eigenvalue weighted by Crippen LogP contribution is 2.21. The number of hydrogen-bond donors (Lipinski definition) is 3. The molecule has 0 unspecified atom stereocenters. The van der Waals surface area contributed by atoms with Crippen molar-refractivity contribution in [3.05, 3.63) is 64.2 Å². The second-order valence-corrected chi connectivity index (χ2v) is 8.56. The number of hydrogen-bond acceptors (Lipinski definition) is 1. The van der Waals surface area contributed by atoms with Crippen LogP contribution in [0.1, 0.15) is 34.7 Å². The highest BCUT2D eigenvalue weighted by atomic mass is 16.2. The van der Waals surface area contributed by atoms with Gasteiger partial charge in [-0.3, -0.25) is 4.79 Å². The number of benzene rings is 2. The third-order valence-electron chi connectivity index (χ3n) is 6.07. The van der Waals surface area contributed by atoms with Crippen molar-refractivity contribution in [1.29, 1.82) is 0 Å². The van der Waals surface area contributed by atoms with Gasteiger partial charge in [0.25, 0.3) is 5.91 Å². The van der Waals surface area contributed by atoms with Crippen molar-refractivity contribution in [1.82, 2.24) is 0 Å². The maximum absolute atomic E-state index is 12.9. The van der Waals surface area contributed by atoms with Crippen molar-refractivity contribution in [2.45, 2.75) is 47.2 Å². The first-order chi connectivity index (χ1) is 13.3. The molecule has 1 atom stereocenters. The van der Waals surface area contributed by atoms with Crippen LogP contribution in [0.15, 0.2) is 36.4 Å². The first-order valence-corrected chi connectivity index (χ1v) is 10.5. The molecule has 1 saturated heterocycles. The van der Waals surface area contributed by atoms with Gasteiger partial charge in [-0.05, 0) is 45.7 Å². The standard InChI is InChI=1S/C24H33N3O/c1-17-7-6-8-22(15-17)16-26-9-11-27(12-10-26)21(5)24(28)25-23-19(3)13-18(2)14-20(23)4/h6-8,13-15,21H,9-12,16H2,1-5H3,(H,25,28)/p+2/t21-/m0/s1. The molecule has 3 N–H and O–H groups in total. The van der Waals surface area contributed by atoms with Crippen molar-refractivity contribution in [2.75, 3.05) is 31.5 Å². The van der Waals surface area contributed by atoms with Crippen LogP contribution >= 0.6 is 0 Å². The van der Waals surface area contributed by atoms with E-state index in [1.807, 2.05) is 0 Å². The third-order valence-corrected chi connectivity index (χ3v) is 6.07. The van der Waals surface area contributed by atoms with E-state index in [9.17, 15) is 4.79 Å². The van der Waals surface area contributed by atoms with Crippen LogP contribution in [0, 0.1) is 27.7 Å². The summed E-state index contributed by atoms with van der Waals surface area (Å²) in [7, 11) is 0. The van der Waals surface area contributed by atoms with E-state index in [1.54, 1.807) is 4.90 Å². The maximum Gasteiger partial charge on any atom is 0.282 e.